The molecule has 2 aliphatic rings. The van der Waals surface area contributed by atoms with E-state index in [1.54, 1.807) is 24.3 Å². The average molecular weight is 521 g/mol. The molecular weight excluding hydrogens is 500 g/mol. The number of amides is 1. The van der Waals surface area contributed by atoms with Gasteiger partial charge >= 0.3 is 24.3 Å². The van der Waals surface area contributed by atoms with Crippen LogP contribution in [0.4, 0.5) is 32.0 Å². The summed E-state index contributed by atoms with van der Waals surface area (Å²) in [6.45, 7) is 1.95. The molecule has 0 bridgehead atoms. The number of rotatable bonds is 2. The summed E-state index contributed by atoms with van der Waals surface area (Å²) < 4.78 is 63.5. The zero-order chi connectivity index (χ0) is 27.3. The predicted octanol–water partition coefficient (Wildman–Crippen LogP) is 3.32. The third-order valence-corrected chi connectivity index (χ3v) is 5.36. The van der Waals surface area contributed by atoms with Gasteiger partial charge in [-0.25, -0.2) is 9.59 Å². The van der Waals surface area contributed by atoms with E-state index in [4.69, 9.17) is 25.5 Å². The first-order chi connectivity index (χ1) is 16.6. The predicted molar refractivity (Wildman–Crippen MR) is 114 cm³/mol. The van der Waals surface area contributed by atoms with Crippen molar-refractivity contribution in [2.24, 2.45) is 5.92 Å². The number of carbonyl (C=O) groups is 3. The van der Waals surface area contributed by atoms with Gasteiger partial charge in [-0.15, -0.1) is 0 Å². The summed E-state index contributed by atoms with van der Waals surface area (Å²) >= 11 is 0. The van der Waals surface area contributed by atoms with Crippen LogP contribution < -0.4 is 16.4 Å². The molecule has 4 rings (SSSR count). The van der Waals surface area contributed by atoms with E-state index in [1.807, 2.05) is 0 Å². The summed E-state index contributed by atoms with van der Waals surface area (Å²) in [7, 11) is 0. The molecule has 1 aliphatic heterocycles. The standard InChI is InChI=1S/C18H19N3O.2C2HF3O2/c19-12-7-5-11(6-8-12)18(22)21-17-14-4-2-1-3-13(14)15-9-20-10-16(15)17;2*3-2(4,5)1(6)7/h1-8,15-17,20H,9-10,19H2,(H,21,22);2*(H,6,7)/t15-,16-,17-;;/m0../s1. The minimum Gasteiger partial charge on any atom is -0.475 e. The van der Waals surface area contributed by atoms with E-state index >= 15 is 0 Å². The first-order valence-electron chi connectivity index (χ1n) is 10.2. The number of benzene rings is 2. The Labute approximate surface area is 200 Å². The number of carboxylic acids is 2. The number of nitrogen functional groups attached to an aromatic ring is 1. The van der Waals surface area contributed by atoms with Gasteiger partial charge in [-0.2, -0.15) is 26.3 Å². The van der Waals surface area contributed by atoms with Crippen LogP contribution in [0.1, 0.15) is 33.4 Å². The third-order valence-electron chi connectivity index (χ3n) is 5.36. The molecule has 1 aliphatic carbocycles. The number of anilines is 1. The van der Waals surface area contributed by atoms with Gasteiger partial charge in [0, 0.05) is 36.2 Å². The van der Waals surface area contributed by atoms with Gasteiger partial charge in [0.05, 0.1) is 6.04 Å². The molecule has 0 unspecified atom stereocenters. The molecule has 0 radical (unpaired) electrons. The van der Waals surface area contributed by atoms with E-state index in [1.165, 1.54) is 11.1 Å². The molecule has 0 spiro atoms. The molecule has 1 saturated heterocycles. The Morgan fingerprint density at radius 2 is 1.31 bits per heavy atom. The van der Waals surface area contributed by atoms with Crippen LogP contribution in [-0.2, 0) is 9.59 Å². The SMILES string of the molecule is Nc1ccc(C(=O)N[C@H]2c3ccccc3[C@@H]3CNC[C@@H]32)cc1.O=C(O)C(F)(F)F.O=C(O)C(F)(F)F. The Bertz CT molecular complexity index is 1060. The van der Waals surface area contributed by atoms with Crippen LogP contribution in [0, 0.1) is 5.92 Å². The Morgan fingerprint density at radius 3 is 1.78 bits per heavy atom. The summed E-state index contributed by atoms with van der Waals surface area (Å²) in [5.74, 6) is -4.60. The Hall–Kier alpha value is -3.81. The van der Waals surface area contributed by atoms with Crippen molar-refractivity contribution in [2.75, 3.05) is 18.8 Å². The number of halogens is 6. The molecule has 36 heavy (non-hydrogen) atoms. The fourth-order valence-corrected chi connectivity index (χ4v) is 3.80. The summed E-state index contributed by atoms with van der Waals surface area (Å²) in [6.07, 6.45) is -10.2. The zero-order valence-electron chi connectivity index (χ0n) is 18.2. The van der Waals surface area contributed by atoms with Crippen molar-refractivity contribution in [2.45, 2.75) is 24.3 Å². The summed E-state index contributed by atoms with van der Waals surface area (Å²) in [4.78, 5) is 30.3. The fraction of sp³-hybridized carbons (Fsp3) is 0.318. The molecule has 1 heterocycles. The van der Waals surface area contributed by atoms with E-state index in [-0.39, 0.29) is 11.9 Å². The molecule has 0 saturated carbocycles. The molecule has 2 aromatic rings. The number of alkyl halides is 6. The molecule has 196 valence electrons. The third kappa shape index (κ3) is 7.34. The minimum atomic E-state index is -5.08. The quantitative estimate of drug-likeness (QED) is 0.302. The van der Waals surface area contributed by atoms with Gasteiger partial charge in [0.15, 0.2) is 0 Å². The summed E-state index contributed by atoms with van der Waals surface area (Å²) in [6, 6.07) is 15.6. The van der Waals surface area contributed by atoms with Crippen molar-refractivity contribution in [1.29, 1.82) is 0 Å². The van der Waals surface area contributed by atoms with Gasteiger partial charge in [-0.1, -0.05) is 24.3 Å². The van der Waals surface area contributed by atoms with Crippen LogP contribution in [-0.4, -0.2) is 53.5 Å². The van der Waals surface area contributed by atoms with Gasteiger partial charge in [0.25, 0.3) is 5.91 Å². The highest BCUT2D eigenvalue weighted by Gasteiger charge is 2.43. The van der Waals surface area contributed by atoms with Gasteiger partial charge in [0.1, 0.15) is 0 Å². The van der Waals surface area contributed by atoms with E-state index in [2.05, 4.69) is 34.9 Å². The highest BCUT2D eigenvalue weighted by atomic mass is 19.4. The molecule has 1 fully saturated rings. The Kier molecular flexibility index (Phi) is 8.91. The lowest BCUT2D eigenvalue weighted by Gasteiger charge is -2.20. The highest BCUT2D eigenvalue weighted by molar-refractivity contribution is 5.94. The van der Waals surface area contributed by atoms with Gasteiger partial charge in [-0.05, 0) is 35.4 Å². The second kappa shape index (κ2) is 11.3. The largest absolute Gasteiger partial charge is 0.490 e. The van der Waals surface area contributed by atoms with Crippen LogP contribution in [0.15, 0.2) is 48.5 Å². The number of carbonyl (C=O) groups excluding carboxylic acids is 1. The maximum Gasteiger partial charge on any atom is 0.490 e. The normalized spacial score (nSPS) is 20.0. The Morgan fingerprint density at radius 1 is 0.833 bits per heavy atom. The highest BCUT2D eigenvalue weighted by Crippen LogP contribution is 2.46. The topological polar surface area (TPSA) is 142 Å². The lowest BCUT2D eigenvalue weighted by Crippen LogP contribution is -2.33. The van der Waals surface area contributed by atoms with Crippen LogP contribution >= 0.6 is 0 Å². The molecule has 14 heteroatoms. The molecular formula is C22H21F6N3O5. The fourth-order valence-electron chi connectivity index (χ4n) is 3.80. The van der Waals surface area contributed by atoms with Crippen molar-refractivity contribution in [1.82, 2.24) is 10.6 Å². The Balaban J connectivity index is 0.000000271. The number of aliphatic carboxylic acids is 2. The maximum absolute atomic E-state index is 12.5. The van der Waals surface area contributed by atoms with Crippen LogP contribution in [0.25, 0.3) is 0 Å². The van der Waals surface area contributed by atoms with E-state index in [9.17, 15) is 31.1 Å². The van der Waals surface area contributed by atoms with Crippen molar-refractivity contribution in [3.8, 4) is 0 Å². The van der Waals surface area contributed by atoms with Gasteiger partial charge in [0.2, 0.25) is 0 Å². The zero-order valence-corrected chi connectivity index (χ0v) is 18.2. The number of nitrogens with two attached hydrogens (primary N) is 1. The lowest BCUT2D eigenvalue weighted by atomic mass is 9.94. The number of hydrogen-bond donors (Lipinski definition) is 5. The molecule has 1 amide bonds. The van der Waals surface area contributed by atoms with E-state index < -0.39 is 24.3 Å². The molecule has 0 aromatic heterocycles. The van der Waals surface area contributed by atoms with Crippen molar-refractivity contribution in [3.63, 3.8) is 0 Å². The molecule has 8 nitrogen and oxygen atoms in total. The molecule has 2 aromatic carbocycles. The first kappa shape index (κ1) is 28.4. The van der Waals surface area contributed by atoms with Crippen LogP contribution in [0.5, 0.6) is 0 Å². The van der Waals surface area contributed by atoms with Gasteiger partial charge in [-0.3, -0.25) is 4.79 Å². The van der Waals surface area contributed by atoms with Crippen molar-refractivity contribution in [3.05, 3.63) is 65.2 Å². The minimum absolute atomic E-state index is 0.0349. The average Bonchev–Trinajstić information content (AvgIpc) is 3.36. The smallest absolute Gasteiger partial charge is 0.475 e. The monoisotopic (exact) mass is 521 g/mol. The summed E-state index contributed by atoms with van der Waals surface area (Å²) in [5, 5.41) is 20.9. The lowest BCUT2D eigenvalue weighted by molar-refractivity contribution is -0.193. The van der Waals surface area contributed by atoms with Gasteiger partial charge < -0.3 is 26.6 Å². The number of hydrogen-bond acceptors (Lipinski definition) is 5. The molecule has 6 N–H and O–H groups in total. The summed E-state index contributed by atoms with van der Waals surface area (Å²) in [5.41, 5.74) is 9.65. The number of nitrogens with one attached hydrogen (secondary N) is 2. The van der Waals surface area contributed by atoms with Crippen molar-refractivity contribution >= 4 is 23.5 Å². The van der Waals surface area contributed by atoms with Crippen LogP contribution in [0.3, 0.4) is 0 Å². The van der Waals surface area contributed by atoms with Crippen molar-refractivity contribution < 1.29 is 50.9 Å². The number of fused-ring (bicyclic) bond motifs is 3. The first-order valence-corrected chi connectivity index (χ1v) is 10.2. The maximum atomic E-state index is 12.5. The second-order valence-electron chi connectivity index (χ2n) is 7.74. The molecule has 3 atom stereocenters. The van der Waals surface area contributed by atoms with E-state index in [0.717, 1.165) is 13.1 Å². The number of carboxylic acid groups (broad SMARTS) is 2. The van der Waals surface area contributed by atoms with Crippen LogP contribution in [0.2, 0.25) is 0 Å². The second-order valence-corrected chi connectivity index (χ2v) is 7.74. The van der Waals surface area contributed by atoms with E-state index in [0.29, 0.717) is 23.1 Å².